The summed E-state index contributed by atoms with van der Waals surface area (Å²) in [6.45, 7) is 1.78. The first kappa shape index (κ1) is 12.5. The molecule has 1 aromatic carbocycles. The maximum absolute atomic E-state index is 12.7. The number of nitrogens with two attached hydrogens (primary N) is 1. The van der Waals surface area contributed by atoms with Crippen molar-refractivity contribution in [2.75, 3.05) is 5.73 Å². The van der Waals surface area contributed by atoms with E-state index in [2.05, 4.69) is 4.98 Å². The highest BCUT2D eigenvalue weighted by atomic mass is 19.4. The average Bonchev–Trinajstić information content (AvgIpc) is 2.57. The first-order valence-corrected chi connectivity index (χ1v) is 5.25. The van der Waals surface area contributed by atoms with Gasteiger partial charge in [-0.05, 0) is 25.1 Å². The zero-order valence-corrected chi connectivity index (χ0v) is 9.92. The Morgan fingerprint density at radius 2 is 1.89 bits per heavy atom. The van der Waals surface area contributed by atoms with Crippen molar-refractivity contribution in [2.24, 2.45) is 7.05 Å². The zero-order chi connectivity index (χ0) is 13.5. The number of alkyl halides is 3. The second-order valence-electron chi connectivity index (χ2n) is 4.13. The number of aryl methyl sites for hydroxylation is 2. The van der Waals surface area contributed by atoms with E-state index in [4.69, 9.17) is 5.73 Å². The van der Waals surface area contributed by atoms with E-state index in [-0.39, 0.29) is 5.69 Å². The van der Waals surface area contributed by atoms with E-state index in [1.807, 2.05) is 0 Å². The van der Waals surface area contributed by atoms with Crippen molar-refractivity contribution >= 4 is 5.69 Å². The predicted octanol–water partition coefficient (Wildman–Crippen LogP) is 3.00. The average molecular weight is 255 g/mol. The monoisotopic (exact) mass is 255 g/mol. The molecule has 3 nitrogen and oxygen atoms in total. The lowest BCUT2D eigenvalue weighted by Gasteiger charge is -2.09. The molecular formula is C12H12F3N3. The fraction of sp³-hybridized carbons (Fsp3) is 0.250. The van der Waals surface area contributed by atoms with Crippen LogP contribution in [0.3, 0.4) is 0 Å². The molecule has 2 rings (SSSR count). The van der Waals surface area contributed by atoms with Crippen molar-refractivity contribution in [3.8, 4) is 11.3 Å². The van der Waals surface area contributed by atoms with Gasteiger partial charge in [0.05, 0.1) is 11.3 Å². The number of aromatic nitrogens is 2. The molecule has 0 aliphatic heterocycles. The summed E-state index contributed by atoms with van der Waals surface area (Å²) in [4.78, 5) is 4.18. The molecule has 0 unspecified atom stereocenters. The summed E-state index contributed by atoms with van der Waals surface area (Å²) in [5.74, 6) is 0.723. The topological polar surface area (TPSA) is 43.8 Å². The van der Waals surface area contributed by atoms with Crippen LogP contribution in [0, 0.1) is 6.92 Å². The van der Waals surface area contributed by atoms with Crippen LogP contribution in [0.15, 0.2) is 24.4 Å². The Morgan fingerprint density at radius 3 is 2.39 bits per heavy atom. The molecule has 0 saturated heterocycles. The molecule has 0 saturated carbocycles. The van der Waals surface area contributed by atoms with Crippen LogP contribution in [0.25, 0.3) is 11.3 Å². The number of nitrogen functional groups attached to an aromatic ring is 1. The Kier molecular flexibility index (Phi) is 2.80. The van der Waals surface area contributed by atoms with E-state index >= 15 is 0 Å². The maximum Gasteiger partial charge on any atom is 0.416 e. The van der Waals surface area contributed by atoms with Crippen molar-refractivity contribution in [2.45, 2.75) is 13.1 Å². The second-order valence-corrected chi connectivity index (χ2v) is 4.13. The van der Waals surface area contributed by atoms with Gasteiger partial charge in [-0.1, -0.05) is 0 Å². The largest absolute Gasteiger partial charge is 0.416 e. The molecule has 96 valence electrons. The molecule has 0 atom stereocenters. The molecule has 18 heavy (non-hydrogen) atoms. The van der Waals surface area contributed by atoms with Gasteiger partial charge in [0.1, 0.15) is 5.82 Å². The van der Waals surface area contributed by atoms with Crippen molar-refractivity contribution in [1.82, 2.24) is 9.55 Å². The van der Waals surface area contributed by atoms with Crippen LogP contribution in [0.5, 0.6) is 0 Å². The molecule has 0 radical (unpaired) electrons. The number of hydrogen-bond donors (Lipinski definition) is 1. The molecule has 6 heteroatoms. The fourth-order valence-electron chi connectivity index (χ4n) is 1.66. The van der Waals surface area contributed by atoms with Crippen LogP contribution in [0.1, 0.15) is 11.4 Å². The molecule has 0 aliphatic carbocycles. The van der Waals surface area contributed by atoms with Crippen molar-refractivity contribution in [3.05, 3.63) is 35.8 Å². The van der Waals surface area contributed by atoms with E-state index in [9.17, 15) is 13.2 Å². The van der Waals surface area contributed by atoms with E-state index in [0.717, 1.165) is 18.0 Å². The number of anilines is 1. The maximum atomic E-state index is 12.7. The summed E-state index contributed by atoms with van der Waals surface area (Å²) >= 11 is 0. The summed E-state index contributed by atoms with van der Waals surface area (Å²) in [6.07, 6.45) is -2.74. The highest BCUT2D eigenvalue weighted by Crippen LogP contribution is 2.33. The van der Waals surface area contributed by atoms with E-state index in [0.29, 0.717) is 11.3 Å². The molecule has 2 aromatic rings. The van der Waals surface area contributed by atoms with Crippen molar-refractivity contribution < 1.29 is 13.2 Å². The lowest BCUT2D eigenvalue weighted by atomic mass is 10.1. The number of hydrogen-bond acceptors (Lipinski definition) is 2. The van der Waals surface area contributed by atoms with Gasteiger partial charge in [-0.25, -0.2) is 4.98 Å². The van der Waals surface area contributed by atoms with E-state index in [1.54, 1.807) is 24.7 Å². The van der Waals surface area contributed by atoms with Gasteiger partial charge in [0.25, 0.3) is 0 Å². The number of benzene rings is 1. The number of halogens is 3. The Balaban J connectivity index is 2.55. The summed E-state index contributed by atoms with van der Waals surface area (Å²) in [5, 5.41) is 0. The van der Waals surface area contributed by atoms with Gasteiger partial charge < -0.3 is 10.3 Å². The third kappa shape index (κ3) is 2.32. The van der Waals surface area contributed by atoms with Crippen LogP contribution >= 0.6 is 0 Å². The minimum Gasteiger partial charge on any atom is -0.399 e. The quantitative estimate of drug-likeness (QED) is 0.796. The van der Waals surface area contributed by atoms with Gasteiger partial charge in [-0.3, -0.25) is 0 Å². The lowest BCUT2D eigenvalue weighted by Crippen LogP contribution is -2.06. The van der Waals surface area contributed by atoms with E-state index < -0.39 is 11.7 Å². The Morgan fingerprint density at radius 1 is 1.22 bits per heavy atom. The van der Waals surface area contributed by atoms with Crippen molar-refractivity contribution in [1.29, 1.82) is 0 Å². The fourth-order valence-corrected chi connectivity index (χ4v) is 1.66. The third-order valence-electron chi connectivity index (χ3n) is 2.69. The Labute approximate surface area is 102 Å². The van der Waals surface area contributed by atoms with Gasteiger partial charge in [-0.2, -0.15) is 13.2 Å². The van der Waals surface area contributed by atoms with Crippen LogP contribution in [0.4, 0.5) is 18.9 Å². The smallest absolute Gasteiger partial charge is 0.399 e. The molecule has 0 bridgehead atoms. The molecule has 1 aromatic heterocycles. The second kappa shape index (κ2) is 4.04. The number of rotatable bonds is 1. The van der Waals surface area contributed by atoms with Gasteiger partial charge in [0.15, 0.2) is 0 Å². The van der Waals surface area contributed by atoms with Crippen LogP contribution in [-0.2, 0) is 13.2 Å². The Bertz CT molecular complexity index is 565. The first-order chi connectivity index (χ1) is 8.27. The predicted molar refractivity (Wildman–Crippen MR) is 62.8 cm³/mol. The minimum atomic E-state index is -4.41. The van der Waals surface area contributed by atoms with Crippen molar-refractivity contribution in [3.63, 3.8) is 0 Å². The molecule has 0 fully saturated rings. The van der Waals surface area contributed by atoms with Crippen LogP contribution < -0.4 is 5.73 Å². The minimum absolute atomic E-state index is 0.0723. The normalized spacial score (nSPS) is 11.8. The number of imidazole rings is 1. The SMILES string of the molecule is Cc1nc(-c2cc(N)cc(C(F)(F)F)c2)cn1C. The molecule has 0 aliphatic rings. The highest BCUT2D eigenvalue weighted by molar-refractivity contribution is 5.65. The standard InChI is InChI=1S/C12H12F3N3/c1-7-17-11(6-18(7)2)8-3-9(12(13,14)15)5-10(16)4-8/h3-6H,16H2,1-2H3. The van der Waals surface area contributed by atoms with Gasteiger partial charge in [0, 0.05) is 24.5 Å². The van der Waals surface area contributed by atoms with Crippen LogP contribution in [-0.4, -0.2) is 9.55 Å². The first-order valence-electron chi connectivity index (χ1n) is 5.25. The molecule has 2 N–H and O–H groups in total. The molecule has 0 spiro atoms. The summed E-state index contributed by atoms with van der Waals surface area (Å²) in [5.41, 5.74) is 5.66. The zero-order valence-electron chi connectivity index (χ0n) is 9.92. The lowest BCUT2D eigenvalue weighted by molar-refractivity contribution is -0.137. The summed E-state index contributed by atoms with van der Waals surface area (Å²) in [6, 6.07) is 3.45. The Hall–Kier alpha value is -1.98. The highest BCUT2D eigenvalue weighted by Gasteiger charge is 2.31. The molecular weight excluding hydrogens is 243 g/mol. The summed E-state index contributed by atoms with van der Waals surface area (Å²) in [7, 11) is 1.78. The number of nitrogens with zero attached hydrogens (tertiary/aromatic N) is 2. The summed E-state index contributed by atoms with van der Waals surface area (Å²) < 4.78 is 39.7. The van der Waals surface area contributed by atoms with E-state index in [1.165, 1.54) is 6.07 Å². The molecule has 1 heterocycles. The van der Waals surface area contributed by atoms with Crippen LogP contribution in [0.2, 0.25) is 0 Å². The van der Waals surface area contributed by atoms with Gasteiger partial charge in [0.2, 0.25) is 0 Å². The third-order valence-corrected chi connectivity index (χ3v) is 2.69. The van der Waals surface area contributed by atoms with Gasteiger partial charge in [-0.15, -0.1) is 0 Å². The van der Waals surface area contributed by atoms with Gasteiger partial charge >= 0.3 is 6.18 Å². The molecule has 0 amide bonds.